The van der Waals surface area contributed by atoms with Crippen molar-refractivity contribution in [3.8, 4) is 0 Å². The van der Waals surface area contributed by atoms with Gasteiger partial charge in [-0.2, -0.15) is 0 Å². The van der Waals surface area contributed by atoms with Crippen molar-refractivity contribution in [2.75, 3.05) is 24.3 Å². The molecule has 8 heteroatoms. The molecule has 1 aromatic carbocycles. The average Bonchev–Trinajstić information content (AvgIpc) is 2.95. The van der Waals surface area contributed by atoms with Crippen LogP contribution < -0.4 is 0 Å². The lowest BCUT2D eigenvalue weighted by Crippen LogP contribution is -2.46. The van der Waals surface area contributed by atoms with E-state index in [9.17, 15) is 18.0 Å². The molecule has 0 N–H and O–H groups in total. The molecule has 2 atom stereocenters. The van der Waals surface area contributed by atoms with E-state index in [1.165, 1.54) is 11.8 Å². The standard InChI is InChI=1S/C17H23NO5S2/c1-4-18(14-9-10-25(21,22)11-14)16(19)12(2)23-17(20)13-5-7-15(24-3)8-6-13/h5-8,12,14H,4,9-11H2,1-3H3/t12-,14-/m1/s1. The number of carbonyl (C=O) groups excluding carboxylic acids is 2. The third kappa shape index (κ3) is 4.98. The molecule has 0 saturated carbocycles. The first kappa shape index (κ1) is 19.8. The van der Waals surface area contributed by atoms with E-state index in [1.807, 2.05) is 18.4 Å². The molecule has 0 spiro atoms. The number of hydrogen-bond acceptors (Lipinski definition) is 6. The Morgan fingerprint density at radius 3 is 2.44 bits per heavy atom. The highest BCUT2D eigenvalue weighted by Crippen LogP contribution is 2.20. The van der Waals surface area contributed by atoms with Crippen LogP contribution in [0.3, 0.4) is 0 Å². The van der Waals surface area contributed by atoms with E-state index in [0.29, 0.717) is 18.5 Å². The molecular weight excluding hydrogens is 362 g/mol. The normalized spacial score (nSPS) is 20.0. The summed E-state index contributed by atoms with van der Waals surface area (Å²) in [7, 11) is -3.09. The van der Waals surface area contributed by atoms with Gasteiger partial charge in [0.05, 0.1) is 17.1 Å². The molecule has 6 nitrogen and oxygen atoms in total. The fourth-order valence-electron chi connectivity index (χ4n) is 2.85. The highest BCUT2D eigenvalue weighted by molar-refractivity contribution is 7.98. The van der Waals surface area contributed by atoms with Gasteiger partial charge in [0.2, 0.25) is 0 Å². The van der Waals surface area contributed by atoms with E-state index in [1.54, 1.807) is 30.8 Å². The van der Waals surface area contributed by atoms with E-state index < -0.39 is 21.9 Å². The molecule has 2 rings (SSSR count). The Morgan fingerprint density at radius 1 is 1.32 bits per heavy atom. The maximum Gasteiger partial charge on any atom is 0.338 e. The van der Waals surface area contributed by atoms with Crippen molar-refractivity contribution in [1.82, 2.24) is 4.90 Å². The number of likely N-dealkylation sites (N-methyl/N-ethyl adjacent to an activating group) is 1. The number of amides is 1. The van der Waals surface area contributed by atoms with Crippen molar-refractivity contribution >= 4 is 33.5 Å². The molecule has 0 aliphatic carbocycles. The number of thioether (sulfide) groups is 1. The van der Waals surface area contributed by atoms with Crippen LogP contribution in [0.2, 0.25) is 0 Å². The first-order valence-electron chi connectivity index (χ1n) is 8.13. The lowest BCUT2D eigenvalue weighted by atomic mass is 10.2. The molecule has 0 bridgehead atoms. The Labute approximate surface area is 152 Å². The number of rotatable bonds is 6. The summed E-state index contributed by atoms with van der Waals surface area (Å²) in [6.07, 6.45) is 1.41. The van der Waals surface area contributed by atoms with Gasteiger partial charge in [0.1, 0.15) is 0 Å². The van der Waals surface area contributed by atoms with Gasteiger partial charge in [-0.15, -0.1) is 11.8 Å². The monoisotopic (exact) mass is 385 g/mol. The largest absolute Gasteiger partial charge is 0.449 e. The van der Waals surface area contributed by atoms with Gasteiger partial charge in [0.15, 0.2) is 15.9 Å². The number of carbonyl (C=O) groups is 2. The van der Waals surface area contributed by atoms with Gasteiger partial charge in [-0.3, -0.25) is 4.79 Å². The summed E-state index contributed by atoms with van der Waals surface area (Å²) in [5.74, 6) is -0.858. The summed E-state index contributed by atoms with van der Waals surface area (Å²) < 4.78 is 28.6. The lowest BCUT2D eigenvalue weighted by Gasteiger charge is -2.29. The first-order chi connectivity index (χ1) is 11.8. The summed E-state index contributed by atoms with van der Waals surface area (Å²) in [6.45, 7) is 3.68. The van der Waals surface area contributed by atoms with Crippen LogP contribution in [0.1, 0.15) is 30.6 Å². The van der Waals surface area contributed by atoms with Gasteiger partial charge in [-0.05, 0) is 50.8 Å². The molecule has 0 unspecified atom stereocenters. The second-order valence-electron chi connectivity index (χ2n) is 5.96. The zero-order valence-corrected chi connectivity index (χ0v) is 16.2. The van der Waals surface area contributed by atoms with Crippen LogP contribution in [0.5, 0.6) is 0 Å². The molecular formula is C17H23NO5S2. The highest BCUT2D eigenvalue weighted by atomic mass is 32.2. The van der Waals surface area contributed by atoms with Crippen LogP contribution in [0.25, 0.3) is 0 Å². The SMILES string of the molecule is CCN(C(=O)[C@@H](C)OC(=O)c1ccc(SC)cc1)[C@@H]1CCS(=O)(=O)C1. The zero-order valence-electron chi connectivity index (χ0n) is 14.6. The summed E-state index contributed by atoms with van der Waals surface area (Å²) in [6, 6.07) is 6.61. The molecule has 1 fully saturated rings. The van der Waals surface area contributed by atoms with Crippen LogP contribution in [0.4, 0.5) is 0 Å². The van der Waals surface area contributed by atoms with Crippen molar-refractivity contribution in [2.45, 2.75) is 37.3 Å². The molecule has 1 aliphatic rings. The molecule has 1 saturated heterocycles. The second kappa shape index (κ2) is 8.23. The fourth-order valence-corrected chi connectivity index (χ4v) is 4.99. The Morgan fingerprint density at radius 2 is 1.96 bits per heavy atom. The first-order valence-corrected chi connectivity index (χ1v) is 11.2. The van der Waals surface area contributed by atoms with Crippen LogP contribution in [-0.2, 0) is 19.4 Å². The number of nitrogens with zero attached hydrogens (tertiary/aromatic N) is 1. The predicted molar refractivity (Wildman–Crippen MR) is 97.5 cm³/mol. The van der Waals surface area contributed by atoms with Gasteiger partial charge in [-0.25, -0.2) is 13.2 Å². The summed E-state index contributed by atoms with van der Waals surface area (Å²) >= 11 is 1.57. The van der Waals surface area contributed by atoms with Gasteiger partial charge in [-0.1, -0.05) is 0 Å². The number of benzene rings is 1. The minimum absolute atomic E-state index is 0.0244. The molecule has 138 valence electrons. The predicted octanol–water partition coefficient (Wildman–Crippen LogP) is 1.99. The van der Waals surface area contributed by atoms with Crippen LogP contribution in [0, 0.1) is 0 Å². The topological polar surface area (TPSA) is 80.8 Å². The van der Waals surface area contributed by atoms with Crippen molar-refractivity contribution < 1.29 is 22.7 Å². The van der Waals surface area contributed by atoms with Crippen LogP contribution in [0.15, 0.2) is 29.2 Å². The minimum atomic E-state index is -3.09. The number of esters is 1. The average molecular weight is 386 g/mol. The molecule has 1 heterocycles. The summed E-state index contributed by atoms with van der Waals surface area (Å²) in [5.41, 5.74) is 0.379. The van der Waals surface area contributed by atoms with E-state index >= 15 is 0 Å². The number of hydrogen-bond donors (Lipinski definition) is 0. The molecule has 1 amide bonds. The van der Waals surface area contributed by atoms with Crippen LogP contribution in [-0.4, -0.2) is 61.6 Å². The Balaban J connectivity index is 2.01. The fraction of sp³-hybridized carbons (Fsp3) is 0.529. The van der Waals surface area contributed by atoms with Crippen molar-refractivity contribution in [3.63, 3.8) is 0 Å². The highest BCUT2D eigenvalue weighted by Gasteiger charge is 2.36. The van der Waals surface area contributed by atoms with E-state index in [0.717, 1.165) is 4.90 Å². The van der Waals surface area contributed by atoms with Gasteiger partial charge < -0.3 is 9.64 Å². The quantitative estimate of drug-likeness (QED) is 0.550. The lowest BCUT2D eigenvalue weighted by molar-refractivity contribution is -0.141. The second-order valence-corrected chi connectivity index (χ2v) is 9.07. The summed E-state index contributed by atoms with van der Waals surface area (Å²) in [5, 5.41) is 0. The molecule has 0 radical (unpaired) electrons. The van der Waals surface area contributed by atoms with E-state index in [-0.39, 0.29) is 23.5 Å². The van der Waals surface area contributed by atoms with Gasteiger partial charge in [0.25, 0.3) is 5.91 Å². The molecule has 0 aromatic heterocycles. The van der Waals surface area contributed by atoms with Crippen molar-refractivity contribution in [2.24, 2.45) is 0 Å². The number of ether oxygens (including phenoxy) is 1. The Kier molecular flexibility index (Phi) is 6.51. The molecule has 1 aliphatic heterocycles. The van der Waals surface area contributed by atoms with Gasteiger partial charge >= 0.3 is 5.97 Å². The maximum atomic E-state index is 12.6. The maximum absolute atomic E-state index is 12.6. The van der Waals surface area contributed by atoms with Crippen LogP contribution >= 0.6 is 11.8 Å². The summed E-state index contributed by atoms with van der Waals surface area (Å²) in [4.78, 5) is 27.3. The van der Waals surface area contributed by atoms with Gasteiger partial charge in [0, 0.05) is 17.5 Å². The molecule has 1 aromatic rings. The molecule has 25 heavy (non-hydrogen) atoms. The Hall–Kier alpha value is -1.54. The van der Waals surface area contributed by atoms with E-state index in [4.69, 9.17) is 4.74 Å². The minimum Gasteiger partial charge on any atom is -0.449 e. The smallest absolute Gasteiger partial charge is 0.338 e. The zero-order chi connectivity index (χ0) is 18.6. The Bertz CT molecular complexity index is 730. The third-order valence-corrected chi connectivity index (χ3v) is 6.72. The van der Waals surface area contributed by atoms with Crippen molar-refractivity contribution in [3.05, 3.63) is 29.8 Å². The van der Waals surface area contributed by atoms with E-state index in [2.05, 4.69) is 0 Å². The third-order valence-electron chi connectivity index (χ3n) is 4.23. The van der Waals surface area contributed by atoms with Crippen molar-refractivity contribution in [1.29, 1.82) is 0 Å². The number of sulfone groups is 1.